The number of piperidine rings is 1. The summed E-state index contributed by atoms with van der Waals surface area (Å²) in [6, 6.07) is 10.1. The van der Waals surface area contributed by atoms with Crippen molar-refractivity contribution in [3.8, 4) is 0 Å². The first-order chi connectivity index (χ1) is 13.7. The van der Waals surface area contributed by atoms with Crippen LogP contribution in [0.4, 0.5) is 0 Å². The monoisotopic (exact) mass is 376 g/mol. The Kier molecular flexibility index (Phi) is 5.19. The maximum atomic E-state index is 12.7. The number of benzene rings is 1. The predicted molar refractivity (Wildman–Crippen MR) is 105 cm³/mol. The van der Waals surface area contributed by atoms with Gasteiger partial charge in [-0.1, -0.05) is 36.4 Å². The summed E-state index contributed by atoms with van der Waals surface area (Å²) >= 11 is 0. The standard InChI is InChI=1S/C22H24N4O2/c27-20-9-11-22(16-25-21(28)18-14-23-12-13-24-18)10-5-4-8-19(22)26(20)15-17-6-2-1-3-7-17/h1-3,6-8,12-14H,4-5,9-11,15-16H2,(H,25,28). The SMILES string of the molecule is O=C(NCC12CCCC=C1N(Cc1ccccc1)C(=O)CC2)c1cnccn1. The first kappa shape index (κ1) is 18.3. The summed E-state index contributed by atoms with van der Waals surface area (Å²) < 4.78 is 0. The molecule has 1 unspecified atom stereocenters. The van der Waals surface area contributed by atoms with E-state index in [0.717, 1.165) is 36.9 Å². The number of amides is 2. The van der Waals surface area contributed by atoms with Gasteiger partial charge in [-0.15, -0.1) is 0 Å². The van der Waals surface area contributed by atoms with Crippen LogP contribution in [-0.4, -0.2) is 33.2 Å². The largest absolute Gasteiger partial charge is 0.350 e. The van der Waals surface area contributed by atoms with E-state index in [2.05, 4.69) is 21.4 Å². The minimum atomic E-state index is -0.223. The molecule has 1 saturated heterocycles. The Morgan fingerprint density at radius 3 is 2.82 bits per heavy atom. The average molecular weight is 376 g/mol. The van der Waals surface area contributed by atoms with E-state index in [1.807, 2.05) is 35.2 Å². The highest BCUT2D eigenvalue weighted by Crippen LogP contribution is 2.46. The molecule has 6 heteroatoms. The molecule has 28 heavy (non-hydrogen) atoms. The molecule has 2 amide bonds. The van der Waals surface area contributed by atoms with Crippen molar-refractivity contribution in [1.29, 1.82) is 0 Å². The van der Waals surface area contributed by atoms with Crippen molar-refractivity contribution in [2.24, 2.45) is 5.41 Å². The summed E-state index contributed by atoms with van der Waals surface area (Å²) in [6.45, 7) is 1.08. The number of hydrogen-bond acceptors (Lipinski definition) is 4. The van der Waals surface area contributed by atoms with Gasteiger partial charge in [0.15, 0.2) is 0 Å². The molecule has 1 atom stereocenters. The van der Waals surface area contributed by atoms with Crippen molar-refractivity contribution in [2.45, 2.75) is 38.6 Å². The molecule has 1 aromatic carbocycles. The van der Waals surface area contributed by atoms with E-state index in [0.29, 0.717) is 25.2 Å². The van der Waals surface area contributed by atoms with Crippen LogP contribution < -0.4 is 5.32 Å². The lowest BCUT2D eigenvalue weighted by molar-refractivity contribution is -0.134. The Hall–Kier alpha value is -3.02. The third kappa shape index (κ3) is 3.67. The molecule has 1 aliphatic carbocycles. The number of fused-ring (bicyclic) bond motifs is 1. The molecule has 1 aromatic heterocycles. The number of nitrogens with one attached hydrogen (secondary N) is 1. The molecule has 0 bridgehead atoms. The maximum Gasteiger partial charge on any atom is 0.271 e. The molecule has 0 spiro atoms. The molecule has 2 aliphatic rings. The second-order valence-corrected chi connectivity index (χ2v) is 7.50. The Morgan fingerprint density at radius 1 is 1.18 bits per heavy atom. The van der Waals surface area contributed by atoms with Crippen LogP contribution in [0.3, 0.4) is 0 Å². The summed E-state index contributed by atoms with van der Waals surface area (Å²) in [5, 5.41) is 3.04. The number of likely N-dealkylation sites (tertiary alicyclic amines) is 1. The summed E-state index contributed by atoms with van der Waals surface area (Å²) in [5.74, 6) is -0.0632. The average Bonchev–Trinajstić information content (AvgIpc) is 2.76. The number of carbonyl (C=O) groups is 2. The summed E-state index contributed by atoms with van der Waals surface area (Å²) in [5.41, 5.74) is 2.30. The lowest BCUT2D eigenvalue weighted by atomic mass is 9.69. The Bertz CT molecular complexity index is 882. The van der Waals surface area contributed by atoms with Crippen LogP contribution in [0.25, 0.3) is 0 Å². The fourth-order valence-electron chi connectivity index (χ4n) is 4.25. The number of hydrogen-bond donors (Lipinski definition) is 1. The highest BCUT2D eigenvalue weighted by Gasteiger charge is 2.44. The van der Waals surface area contributed by atoms with Crippen LogP contribution in [0.15, 0.2) is 60.7 Å². The van der Waals surface area contributed by atoms with Gasteiger partial charge < -0.3 is 10.2 Å². The van der Waals surface area contributed by atoms with Gasteiger partial charge in [0.05, 0.1) is 12.7 Å². The van der Waals surface area contributed by atoms with Gasteiger partial charge >= 0.3 is 0 Å². The summed E-state index contributed by atoms with van der Waals surface area (Å²) in [4.78, 5) is 35.2. The lowest BCUT2D eigenvalue weighted by Gasteiger charge is -2.47. The first-order valence-electron chi connectivity index (χ1n) is 9.77. The number of carbonyl (C=O) groups excluding carboxylic acids is 2. The van der Waals surface area contributed by atoms with Gasteiger partial charge in [-0.25, -0.2) is 4.98 Å². The summed E-state index contributed by atoms with van der Waals surface area (Å²) in [6.07, 6.45) is 11.0. The van der Waals surface area contributed by atoms with E-state index in [-0.39, 0.29) is 17.2 Å². The second kappa shape index (κ2) is 7.92. The Morgan fingerprint density at radius 2 is 2.04 bits per heavy atom. The van der Waals surface area contributed by atoms with Crippen LogP contribution in [0.5, 0.6) is 0 Å². The third-order valence-corrected chi connectivity index (χ3v) is 5.72. The number of allylic oxidation sites excluding steroid dienone is 1. The summed E-state index contributed by atoms with van der Waals surface area (Å²) in [7, 11) is 0. The number of aromatic nitrogens is 2. The fourth-order valence-corrected chi connectivity index (χ4v) is 4.25. The van der Waals surface area contributed by atoms with Gasteiger partial charge in [0.2, 0.25) is 5.91 Å². The minimum absolute atomic E-state index is 0.160. The highest BCUT2D eigenvalue weighted by molar-refractivity contribution is 5.92. The Balaban J connectivity index is 1.54. The smallest absolute Gasteiger partial charge is 0.271 e. The fraction of sp³-hybridized carbons (Fsp3) is 0.364. The molecule has 144 valence electrons. The zero-order chi connectivity index (χ0) is 19.4. The van der Waals surface area contributed by atoms with E-state index in [1.54, 1.807) is 6.20 Å². The molecule has 1 aliphatic heterocycles. The molecule has 6 nitrogen and oxygen atoms in total. The van der Waals surface area contributed by atoms with Crippen LogP contribution in [0.1, 0.15) is 48.2 Å². The molecule has 1 N–H and O–H groups in total. The zero-order valence-corrected chi connectivity index (χ0v) is 15.8. The predicted octanol–water partition coefficient (Wildman–Crippen LogP) is 3.08. The highest BCUT2D eigenvalue weighted by atomic mass is 16.2. The first-order valence-corrected chi connectivity index (χ1v) is 9.77. The molecule has 1 fully saturated rings. The lowest BCUT2D eigenvalue weighted by Crippen LogP contribution is -2.50. The van der Waals surface area contributed by atoms with E-state index >= 15 is 0 Å². The quantitative estimate of drug-likeness (QED) is 0.870. The maximum absolute atomic E-state index is 12.7. The van der Waals surface area contributed by atoms with Crippen LogP contribution in [-0.2, 0) is 11.3 Å². The van der Waals surface area contributed by atoms with Crippen molar-refractivity contribution < 1.29 is 9.59 Å². The van der Waals surface area contributed by atoms with Crippen molar-refractivity contribution >= 4 is 11.8 Å². The van der Waals surface area contributed by atoms with Gasteiger partial charge in [-0.2, -0.15) is 0 Å². The van der Waals surface area contributed by atoms with E-state index in [9.17, 15) is 9.59 Å². The van der Waals surface area contributed by atoms with E-state index in [1.165, 1.54) is 12.4 Å². The molecule has 2 aromatic rings. The second-order valence-electron chi connectivity index (χ2n) is 7.50. The number of nitrogens with zero attached hydrogens (tertiary/aromatic N) is 3. The molecule has 4 rings (SSSR count). The van der Waals surface area contributed by atoms with Crippen LogP contribution in [0, 0.1) is 5.41 Å². The number of rotatable bonds is 5. The van der Waals surface area contributed by atoms with Gasteiger partial charge in [0.25, 0.3) is 5.91 Å². The van der Waals surface area contributed by atoms with Crippen molar-refractivity contribution in [1.82, 2.24) is 20.2 Å². The molecule has 0 saturated carbocycles. The molecular weight excluding hydrogens is 352 g/mol. The van der Waals surface area contributed by atoms with Crippen LogP contribution >= 0.6 is 0 Å². The molecule has 0 radical (unpaired) electrons. The minimum Gasteiger partial charge on any atom is -0.350 e. The van der Waals surface area contributed by atoms with Gasteiger partial charge in [-0.05, 0) is 31.2 Å². The molecular formula is C22H24N4O2. The van der Waals surface area contributed by atoms with Gasteiger partial charge in [0.1, 0.15) is 5.69 Å². The van der Waals surface area contributed by atoms with Gasteiger partial charge in [-0.3, -0.25) is 14.6 Å². The Labute approximate surface area is 164 Å². The van der Waals surface area contributed by atoms with Crippen molar-refractivity contribution in [3.05, 3.63) is 72.0 Å². The van der Waals surface area contributed by atoms with Gasteiger partial charge in [0, 0.05) is 36.5 Å². The third-order valence-electron chi connectivity index (χ3n) is 5.72. The normalized spacial score (nSPS) is 21.6. The van der Waals surface area contributed by atoms with Crippen molar-refractivity contribution in [2.75, 3.05) is 6.54 Å². The molecule has 2 heterocycles. The topological polar surface area (TPSA) is 75.2 Å². The van der Waals surface area contributed by atoms with E-state index < -0.39 is 0 Å². The zero-order valence-electron chi connectivity index (χ0n) is 15.8. The van der Waals surface area contributed by atoms with E-state index in [4.69, 9.17) is 0 Å². The van der Waals surface area contributed by atoms with Crippen LogP contribution in [0.2, 0.25) is 0 Å². The van der Waals surface area contributed by atoms with Crippen molar-refractivity contribution in [3.63, 3.8) is 0 Å².